The molecule has 136 valence electrons. The Hall–Kier alpha value is -0.380. The van der Waals surface area contributed by atoms with Crippen LogP contribution in [0.4, 0.5) is 0 Å². The summed E-state index contributed by atoms with van der Waals surface area (Å²) in [7, 11) is 1.87. The molecular formula is C17H29IN4OS. The van der Waals surface area contributed by atoms with Gasteiger partial charge in [-0.25, -0.2) is 0 Å². The summed E-state index contributed by atoms with van der Waals surface area (Å²) in [6.07, 6.45) is 2.70. The third kappa shape index (κ3) is 6.50. The van der Waals surface area contributed by atoms with E-state index in [4.69, 9.17) is 4.74 Å². The van der Waals surface area contributed by atoms with Crippen LogP contribution in [0.5, 0.6) is 0 Å². The van der Waals surface area contributed by atoms with Gasteiger partial charge in [-0.05, 0) is 30.2 Å². The van der Waals surface area contributed by atoms with E-state index in [-0.39, 0.29) is 24.0 Å². The summed E-state index contributed by atoms with van der Waals surface area (Å²) < 4.78 is 5.67. The highest BCUT2D eigenvalue weighted by molar-refractivity contribution is 14.0. The molecule has 2 heterocycles. The van der Waals surface area contributed by atoms with Crippen molar-refractivity contribution in [1.82, 2.24) is 15.1 Å². The highest BCUT2D eigenvalue weighted by atomic mass is 127. The van der Waals surface area contributed by atoms with E-state index < -0.39 is 0 Å². The summed E-state index contributed by atoms with van der Waals surface area (Å²) in [5.41, 5.74) is 0. The van der Waals surface area contributed by atoms with Crippen LogP contribution >= 0.6 is 35.3 Å². The Morgan fingerprint density at radius 2 is 2.12 bits per heavy atom. The summed E-state index contributed by atoms with van der Waals surface area (Å²) in [6.45, 7) is 7.88. The minimum Gasteiger partial charge on any atom is -0.379 e. The van der Waals surface area contributed by atoms with Crippen LogP contribution in [0.1, 0.15) is 17.7 Å². The van der Waals surface area contributed by atoms with Gasteiger partial charge in [-0.15, -0.1) is 35.3 Å². The van der Waals surface area contributed by atoms with Crippen molar-refractivity contribution in [2.75, 3.05) is 53.0 Å². The van der Waals surface area contributed by atoms with Crippen LogP contribution in [-0.4, -0.2) is 68.7 Å². The van der Waals surface area contributed by atoms with Crippen LogP contribution in [-0.2, 0) is 11.3 Å². The lowest BCUT2D eigenvalue weighted by molar-refractivity contribution is 0.127. The van der Waals surface area contributed by atoms with E-state index in [0.717, 1.165) is 64.4 Å². The molecule has 0 atom stereocenters. The highest BCUT2D eigenvalue weighted by Crippen LogP contribution is 2.28. The number of halogens is 1. The van der Waals surface area contributed by atoms with Crippen molar-refractivity contribution in [3.63, 3.8) is 0 Å². The van der Waals surface area contributed by atoms with Crippen molar-refractivity contribution in [2.24, 2.45) is 10.9 Å². The number of nitrogens with one attached hydrogen (secondary N) is 1. The van der Waals surface area contributed by atoms with Crippen molar-refractivity contribution < 1.29 is 4.74 Å². The molecule has 3 rings (SSSR count). The zero-order valence-electron chi connectivity index (χ0n) is 14.4. The molecule has 1 saturated heterocycles. The maximum absolute atomic E-state index is 5.67. The number of guanidine groups is 1. The summed E-state index contributed by atoms with van der Waals surface area (Å²) in [4.78, 5) is 10.7. The van der Waals surface area contributed by atoms with Crippen LogP contribution in [0.15, 0.2) is 22.5 Å². The lowest BCUT2D eigenvalue weighted by atomic mass is 10.3. The number of rotatable bonds is 7. The summed E-state index contributed by atoms with van der Waals surface area (Å²) >= 11 is 1.85. The second-order valence-electron chi connectivity index (χ2n) is 6.33. The predicted octanol–water partition coefficient (Wildman–Crippen LogP) is 2.49. The largest absolute Gasteiger partial charge is 0.379 e. The zero-order valence-corrected chi connectivity index (χ0v) is 17.6. The number of piperazine rings is 1. The maximum Gasteiger partial charge on any atom is 0.193 e. The molecule has 2 fully saturated rings. The van der Waals surface area contributed by atoms with Crippen molar-refractivity contribution in [1.29, 1.82) is 0 Å². The van der Waals surface area contributed by atoms with Gasteiger partial charge in [0.25, 0.3) is 0 Å². The number of aliphatic imine (C=N–C) groups is 1. The Labute approximate surface area is 166 Å². The van der Waals surface area contributed by atoms with Gasteiger partial charge in [-0.2, -0.15) is 0 Å². The molecule has 1 saturated carbocycles. The number of hydrogen-bond acceptors (Lipinski definition) is 4. The molecule has 1 aliphatic heterocycles. The van der Waals surface area contributed by atoms with Crippen LogP contribution in [0, 0.1) is 5.92 Å². The first-order chi connectivity index (χ1) is 11.3. The molecule has 0 spiro atoms. The van der Waals surface area contributed by atoms with Crippen LogP contribution < -0.4 is 5.32 Å². The smallest absolute Gasteiger partial charge is 0.193 e. The maximum atomic E-state index is 5.67. The number of ether oxygens (including phenoxy) is 1. The summed E-state index contributed by atoms with van der Waals surface area (Å²) in [5, 5.41) is 5.58. The van der Waals surface area contributed by atoms with Gasteiger partial charge in [0.05, 0.1) is 6.61 Å². The van der Waals surface area contributed by atoms with Gasteiger partial charge in [0, 0.05) is 57.8 Å². The van der Waals surface area contributed by atoms with E-state index in [1.165, 1.54) is 17.7 Å². The van der Waals surface area contributed by atoms with Crippen molar-refractivity contribution in [3.8, 4) is 0 Å². The minimum atomic E-state index is 0. The van der Waals surface area contributed by atoms with E-state index in [2.05, 4.69) is 37.6 Å². The first-order valence-electron chi connectivity index (χ1n) is 8.63. The van der Waals surface area contributed by atoms with Gasteiger partial charge in [-0.1, -0.05) is 6.07 Å². The third-order valence-electron chi connectivity index (χ3n) is 4.42. The Kier molecular flexibility index (Phi) is 8.79. The molecule has 0 unspecified atom stereocenters. The second kappa shape index (κ2) is 10.6. The molecule has 0 amide bonds. The fraction of sp³-hybridized carbons (Fsp3) is 0.706. The second-order valence-corrected chi connectivity index (χ2v) is 7.37. The van der Waals surface area contributed by atoms with E-state index in [9.17, 15) is 0 Å². The Bertz CT molecular complexity index is 485. The van der Waals surface area contributed by atoms with Gasteiger partial charge >= 0.3 is 0 Å². The number of nitrogens with zero attached hydrogens (tertiary/aromatic N) is 3. The normalized spacial score (nSPS) is 19.2. The predicted molar refractivity (Wildman–Crippen MR) is 111 cm³/mol. The first-order valence-corrected chi connectivity index (χ1v) is 9.51. The molecule has 1 aromatic heterocycles. The SMILES string of the molecule is CN=C(NCCOCC1CC1)N1CCN(Cc2cccs2)CC1.I. The Balaban J connectivity index is 0.00000208. The minimum absolute atomic E-state index is 0. The van der Waals surface area contributed by atoms with Crippen molar-refractivity contribution in [3.05, 3.63) is 22.4 Å². The molecule has 0 bridgehead atoms. The van der Waals surface area contributed by atoms with Gasteiger partial charge in [0.15, 0.2) is 5.96 Å². The molecule has 0 radical (unpaired) electrons. The van der Waals surface area contributed by atoms with Crippen molar-refractivity contribution in [2.45, 2.75) is 19.4 Å². The molecule has 1 N–H and O–H groups in total. The monoisotopic (exact) mass is 464 g/mol. The molecule has 1 aromatic rings. The summed E-state index contributed by atoms with van der Waals surface area (Å²) in [5.74, 6) is 1.85. The highest BCUT2D eigenvalue weighted by Gasteiger charge is 2.21. The summed E-state index contributed by atoms with van der Waals surface area (Å²) in [6, 6.07) is 4.35. The fourth-order valence-electron chi connectivity index (χ4n) is 2.84. The fourth-order valence-corrected chi connectivity index (χ4v) is 3.59. The lowest BCUT2D eigenvalue weighted by Gasteiger charge is -2.36. The van der Waals surface area contributed by atoms with E-state index in [0.29, 0.717) is 0 Å². The lowest BCUT2D eigenvalue weighted by Crippen LogP contribution is -2.52. The molecule has 7 heteroatoms. The molecular weight excluding hydrogens is 435 g/mol. The molecule has 1 aliphatic carbocycles. The Morgan fingerprint density at radius 3 is 2.75 bits per heavy atom. The van der Waals surface area contributed by atoms with E-state index >= 15 is 0 Å². The third-order valence-corrected chi connectivity index (χ3v) is 5.28. The molecule has 0 aromatic carbocycles. The standard InChI is InChI=1S/C17H28N4OS.HI/c1-18-17(19-6-11-22-14-15-4-5-15)21-9-7-20(8-10-21)13-16-3-2-12-23-16;/h2-3,12,15H,4-11,13-14H2,1H3,(H,18,19);1H. The van der Waals surface area contributed by atoms with E-state index in [1.54, 1.807) is 0 Å². The quantitative estimate of drug-likeness (QED) is 0.292. The number of thiophene rings is 1. The van der Waals surface area contributed by atoms with Crippen LogP contribution in [0.25, 0.3) is 0 Å². The van der Waals surface area contributed by atoms with E-state index in [1.807, 2.05) is 18.4 Å². The van der Waals surface area contributed by atoms with Gasteiger partial charge in [0.1, 0.15) is 0 Å². The van der Waals surface area contributed by atoms with Gasteiger partial charge < -0.3 is 15.0 Å². The molecule has 2 aliphatic rings. The topological polar surface area (TPSA) is 40.1 Å². The van der Waals surface area contributed by atoms with Gasteiger partial charge in [-0.3, -0.25) is 9.89 Å². The Morgan fingerprint density at radius 1 is 1.33 bits per heavy atom. The van der Waals surface area contributed by atoms with Crippen molar-refractivity contribution >= 4 is 41.3 Å². The number of hydrogen-bond donors (Lipinski definition) is 1. The molecule has 24 heavy (non-hydrogen) atoms. The zero-order chi connectivity index (χ0) is 15.9. The van der Waals surface area contributed by atoms with Gasteiger partial charge in [0.2, 0.25) is 0 Å². The first kappa shape index (κ1) is 19.9. The van der Waals surface area contributed by atoms with Crippen LogP contribution in [0.2, 0.25) is 0 Å². The average molecular weight is 464 g/mol. The molecule has 5 nitrogen and oxygen atoms in total. The average Bonchev–Trinajstić information content (AvgIpc) is 3.27. The van der Waals surface area contributed by atoms with Crippen LogP contribution in [0.3, 0.4) is 0 Å².